The molecule has 1 amide bonds. The van der Waals surface area contributed by atoms with Crippen LogP contribution >= 0.6 is 0 Å². The first kappa shape index (κ1) is 18.5. The van der Waals surface area contributed by atoms with Crippen molar-refractivity contribution in [1.82, 2.24) is 4.98 Å². The molecule has 1 aromatic heterocycles. The molecule has 1 aliphatic heterocycles. The van der Waals surface area contributed by atoms with Gasteiger partial charge < -0.3 is 15.1 Å². The van der Waals surface area contributed by atoms with Gasteiger partial charge in [-0.05, 0) is 42.5 Å². The Morgan fingerprint density at radius 1 is 0.897 bits per heavy atom. The molecule has 2 aromatic carbocycles. The lowest BCUT2D eigenvalue weighted by Gasteiger charge is -2.37. The van der Waals surface area contributed by atoms with Crippen molar-refractivity contribution < 1.29 is 4.79 Å². The molecular formula is C23H21N5O. The molecular weight excluding hydrogens is 362 g/mol. The number of pyridine rings is 1. The molecule has 3 aromatic rings. The van der Waals surface area contributed by atoms with Crippen molar-refractivity contribution in [1.29, 1.82) is 5.26 Å². The number of carbonyl (C=O) groups is 1. The topological polar surface area (TPSA) is 72.3 Å². The Hall–Kier alpha value is -3.85. The molecule has 1 aliphatic rings. The zero-order valence-electron chi connectivity index (χ0n) is 16.0. The first-order valence-electron chi connectivity index (χ1n) is 9.55. The van der Waals surface area contributed by atoms with Crippen LogP contribution in [0.2, 0.25) is 0 Å². The molecule has 6 nitrogen and oxygen atoms in total. The number of nitrogens with zero attached hydrogens (tertiary/aromatic N) is 4. The molecule has 144 valence electrons. The minimum absolute atomic E-state index is 0.291. The minimum atomic E-state index is -0.291. The van der Waals surface area contributed by atoms with Gasteiger partial charge in [0.2, 0.25) is 0 Å². The number of aromatic nitrogens is 1. The summed E-state index contributed by atoms with van der Waals surface area (Å²) in [4.78, 5) is 21.4. The summed E-state index contributed by atoms with van der Waals surface area (Å²) in [6.07, 6.45) is 1.75. The van der Waals surface area contributed by atoms with Crippen LogP contribution in [0.15, 0.2) is 72.9 Å². The number of anilines is 3. The van der Waals surface area contributed by atoms with Gasteiger partial charge in [-0.2, -0.15) is 5.26 Å². The van der Waals surface area contributed by atoms with Crippen LogP contribution in [0, 0.1) is 11.3 Å². The molecule has 0 aliphatic carbocycles. The number of amides is 1. The lowest BCUT2D eigenvalue weighted by Crippen LogP contribution is -2.46. The number of para-hydroxylation sites is 1. The highest BCUT2D eigenvalue weighted by molar-refractivity contribution is 6.03. The van der Waals surface area contributed by atoms with E-state index in [1.807, 2.05) is 12.1 Å². The lowest BCUT2D eigenvalue weighted by molar-refractivity contribution is 0.102. The van der Waals surface area contributed by atoms with Crippen LogP contribution in [0.5, 0.6) is 0 Å². The van der Waals surface area contributed by atoms with Gasteiger partial charge in [0, 0.05) is 37.6 Å². The lowest BCUT2D eigenvalue weighted by atomic mass is 10.2. The average molecular weight is 383 g/mol. The molecule has 0 radical (unpaired) electrons. The van der Waals surface area contributed by atoms with Crippen molar-refractivity contribution in [2.75, 3.05) is 41.3 Å². The Morgan fingerprint density at radius 2 is 1.62 bits per heavy atom. The third-order valence-corrected chi connectivity index (χ3v) is 5.00. The van der Waals surface area contributed by atoms with Crippen molar-refractivity contribution in [3.05, 3.63) is 84.2 Å². The Bertz CT molecular complexity index is 1020. The third-order valence-electron chi connectivity index (χ3n) is 5.00. The Morgan fingerprint density at radius 3 is 2.28 bits per heavy atom. The summed E-state index contributed by atoms with van der Waals surface area (Å²) in [6.45, 7) is 3.70. The molecule has 4 rings (SSSR count). The molecule has 1 fully saturated rings. The molecule has 29 heavy (non-hydrogen) atoms. The van der Waals surface area contributed by atoms with Crippen molar-refractivity contribution in [2.24, 2.45) is 0 Å². The van der Waals surface area contributed by atoms with Gasteiger partial charge in [0.25, 0.3) is 5.91 Å². The Kier molecular flexibility index (Phi) is 5.39. The molecule has 0 spiro atoms. The number of hydrogen-bond acceptors (Lipinski definition) is 5. The first-order chi connectivity index (χ1) is 14.2. The third kappa shape index (κ3) is 4.36. The number of piperazine rings is 1. The minimum Gasteiger partial charge on any atom is -0.368 e. The van der Waals surface area contributed by atoms with E-state index in [9.17, 15) is 4.79 Å². The van der Waals surface area contributed by atoms with E-state index in [0.717, 1.165) is 31.9 Å². The van der Waals surface area contributed by atoms with Crippen molar-refractivity contribution >= 4 is 23.0 Å². The number of nitrogens with one attached hydrogen (secondary N) is 1. The zero-order valence-corrected chi connectivity index (χ0v) is 16.0. The summed E-state index contributed by atoms with van der Waals surface area (Å²) >= 11 is 0. The van der Waals surface area contributed by atoms with Crippen LogP contribution in [0.3, 0.4) is 0 Å². The van der Waals surface area contributed by atoms with Gasteiger partial charge in [0.1, 0.15) is 5.69 Å². The Balaban J connectivity index is 1.37. The van der Waals surface area contributed by atoms with Crippen LogP contribution in [0.1, 0.15) is 16.1 Å². The summed E-state index contributed by atoms with van der Waals surface area (Å²) in [5, 5.41) is 11.7. The molecule has 1 saturated heterocycles. The molecule has 2 heterocycles. The van der Waals surface area contributed by atoms with Crippen LogP contribution in [-0.4, -0.2) is 37.1 Å². The summed E-state index contributed by atoms with van der Waals surface area (Å²) in [7, 11) is 0. The van der Waals surface area contributed by atoms with Crippen LogP contribution in [0.25, 0.3) is 0 Å². The fraction of sp³-hybridized carbons (Fsp3) is 0.174. The standard InChI is InChI=1S/C23H21N5O/c24-16-18-5-4-6-19(15-18)26-23(29)22-10-9-21(17-25-22)28-13-11-27(12-14-28)20-7-2-1-3-8-20/h1-10,15,17H,11-14H2,(H,26,29). The van der Waals surface area contributed by atoms with Gasteiger partial charge in [0.05, 0.1) is 23.5 Å². The van der Waals surface area contributed by atoms with Gasteiger partial charge in [-0.25, -0.2) is 4.98 Å². The highest BCUT2D eigenvalue weighted by Gasteiger charge is 2.18. The largest absolute Gasteiger partial charge is 0.368 e. The SMILES string of the molecule is N#Cc1cccc(NC(=O)c2ccc(N3CCN(c4ccccc4)CC3)cn2)c1. The average Bonchev–Trinajstić information content (AvgIpc) is 2.80. The van der Waals surface area contributed by atoms with Gasteiger partial charge in [-0.3, -0.25) is 4.79 Å². The monoisotopic (exact) mass is 383 g/mol. The summed E-state index contributed by atoms with van der Waals surface area (Å²) in [5.41, 5.74) is 3.69. The van der Waals surface area contributed by atoms with E-state index in [4.69, 9.17) is 5.26 Å². The maximum Gasteiger partial charge on any atom is 0.274 e. The van der Waals surface area contributed by atoms with E-state index in [-0.39, 0.29) is 5.91 Å². The van der Waals surface area contributed by atoms with E-state index in [0.29, 0.717) is 16.9 Å². The van der Waals surface area contributed by atoms with Gasteiger partial charge in [-0.1, -0.05) is 24.3 Å². The number of benzene rings is 2. The number of carbonyl (C=O) groups excluding carboxylic acids is 1. The molecule has 0 atom stereocenters. The molecule has 0 saturated carbocycles. The second-order valence-electron chi connectivity index (χ2n) is 6.86. The van der Waals surface area contributed by atoms with E-state index in [1.54, 1.807) is 36.5 Å². The van der Waals surface area contributed by atoms with E-state index in [2.05, 4.69) is 50.4 Å². The van der Waals surface area contributed by atoms with E-state index >= 15 is 0 Å². The molecule has 0 unspecified atom stereocenters. The van der Waals surface area contributed by atoms with Gasteiger partial charge in [0.15, 0.2) is 0 Å². The number of hydrogen-bond donors (Lipinski definition) is 1. The number of nitriles is 1. The Labute approximate surface area is 170 Å². The van der Waals surface area contributed by atoms with E-state index in [1.165, 1.54) is 5.69 Å². The maximum absolute atomic E-state index is 12.4. The fourth-order valence-corrected chi connectivity index (χ4v) is 3.43. The van der Waals surface area contributed by atoms with Crippen molar-refractivity contribution in [3.63, 3.8) is 0 Å². The van der Waals surface area contributed by atoms with Crippen molar-refractivity contribution in [2.45, 2.75) is 0 Å². The summed E-state index contributed by atoms with van der Waals surface area (Å²) in [5.74, 6) is -0.291. The van der Waals surface area contributed by atoms with Gasteiger partial charge >= 0.3 is 0 Å². The van der Waals surface area contributed by atoms with Crippen LogP contribution in [-0.2, 0) is 0 Å². The summed E-state index contributed by atoms with van der Waals surface area (Å²) in [6, 6.07) is 23.0. The zero-order chi connectivity index (χ0) is 20.1. The van der Waals surface area contributed by atoms with Gasteiger partial charge in [-0.15, -0.1) is 0 Å². The van der Waals surface area contributed by atoms with Crippen molar-refractivity contribution in [3.8, 4) is 6.07 Å². The first-order valence-corrected chi connectivity index (χ1v) is 9.55. The quantitative estimate of drug-likeness (QED) is 0.746. The normalized spacial score (nSPS) is 13.6. The molecule has 0 bridgehead atoms. The van der Waals surface area contributed by atoms with Crippen LogP contribution in [0.4, 0.5) is 17.1 Å². The molecule has 1 N–H and O–H groups in total. The van der Waals surface area contributed by atoms with E-state index < -0.39 is 0 Å². The predicted octanol–water partition coefficient (Wildman–Crippen LogP) is 3.53. The highest BCUT2D eigenvalue weighted by atomic mass is 16.1. The second-order valence-corrected chi connectivity index (χ2v) is 6.86. The highest BCUT2D eigenvalue weighted by Crippen LogP contribution is 2.20. The fourth-order valence-electron chi connectivity index (χ4n) is 3.43. The smallest absolute Gasteiger partial charge is 0.274 e. The maximum atomic E-state index is 12.4. The summed E-state index contributed by atoms with van der Waals surface area (Å²) < 4.78 is 0. The predicted molar refractivity (Wildman–Crippen MR) is 114 cm³/mol. The van der Waals surface area contributed by atoms with Crippen LogP contribution < -0.4 is 15.1 Å². The number of rotatable bonds is 4. The molecule has 6 heteroatoms. The second kappa shape index (κ2) is 8.44.